The Morgan fingerprint density at radius 3 is 2.73 bits per heavy atom. The highest BCUT2D eigenvalue weighted by molar-refractivity contribution is 9.10. The first kappa shape index (κ1) is 8.84. The van der Waals surface area contributed by atoms with E-state index in [1.54, 1.807) is 12.1 Å². The second kappa shape index (κ2) is 3.43. The number of nitrogen functional groups attached to an aromatic ring is 1. The van der Waals surface area contributed by atoms with Crippen LogP contribution < -0.4 is 5.73 Å². The third kappa shape index (κ3) is 1.86. The molecule has 0 aliphatic carbocycles. The van der Waals surface area contributed by atoms with Crippen molar-refractivity contribution in [1.82, 2.24) is 0 Å². The van der Waals surface area contributed by atoms with Crippen LogP contribution in [0, 0.1) is 0 Å². The fraction of sp³-hybridized carbons (Fsp3) is 0.143. The molecule has 0 heterocycles. The van der Waals surface area contributed by atoms with Gasteiger partial charge in [-0.25, -0.2) is 0 Å². The van der Waals surface area contributed by atoms with E-state index in [2.05, 4.69) is 15.9 Å². The third-order valence-corrected chi connectivity index (χ3v) is 2.50. The van der Waals surface area contributed by atoms with Crippen LogP contribution in [0.4, 0.5) is 5.69 Å². The standard InChI is InChI=1S/C7H7BrClNO/c8-7-4(3-11)1-5(9)2-6(7)10/h1-2,11H,3,10H2. The minimum Gasteiger partial charge on any atom is -0.398 e. The summed E-state index contributed by atoms with van der Waals surface area (Å²) in [4.78, 5) is 0. The fourth-order valence-corrected chi connectivity index (χ4v) is 1.39. The van der Waals surface area contributed by atoms with Gasteiger partial charge in [-0.1, -0.05) is 11.6 Å². The second-order valence-corrected chi connectivity index (χ2v) is 3.36. The zero-order chi connectivity index (χ0) is 8.43. The molecule has 0 amide bonds. The zero-order valence-electron chi connectivity index (χ0n) is 5.64. The summed E-state index contributed by atoms with van der Waals surface area (Å²) in [5.74, 6) is 0. The number of hydrogen-bond acceptors (Lipinski definition) is 2. The molecule has 4 heteroatoms. The number of benzene rings is 1. The molecule has 1 aromatic rings. The smallest absolute Gasteiger partial charge is 0.0694 e. The Kier molecular flexibility index (Phi) is 2.76. The second-order valence-electron chi connectivity index (χ2n) is 2.13. The summed E-state index contributed by atoms with van der Waals surface area (Å²) in [6, 6.07) is 3.30. The summed E-state index contributed by atoms with van der Waals surface area (Å²) >= 11 is 8.92. The maximum Gasteiger partial charge on any atom is 0.0694 e. The molecule has 0 radical (unpaired) electrons. The van der Waals surface area contributed by atoms with Gasteiger partial charge in [0.05, 0.1) is 6.61 Å². The molecule has 0 unspecified atom stereocenters. The number of aliphatic hydroxyl groups excluding tert-OH is 1. The lowest BCUT2D eigenvalue weighted by atomic mass is 10.2. The Bertz CT molecular complexity index is 277. The van der Waals surface area contributed by atoms with Gasteiger partial charge in [0, 0.05) is 15.2 Å². The maximum absolute atomic E-state index is 8.82. The summed E-state index contributed by atoms with van der Waals surface area (Å²) in [7, 11) is 0. The van der Waals surface area contributed by atoms with Crippen molar-refractivity contribution in [2.75, 3.05) is 5.73 Å². The lowest BCUT2D eigenvalue weighted by Crippen LogP contribution is -1.92. The molecular formula is C7H7BrClNO. The van der Waals surface area contributed by atoms with Crippen LogP contribution in [-0.2, 0) is 6.61 Å². The predicted molar refractivity (Wildman–Crippen MR) is 49.5 cm³/mol. The van der Waals surface area contributed by atoms with Gasteiger partial charge in [0.15, 0.2) is 0 Å². The molecule has 0 spiro atoms. The number of anilines is 1. The van der Waals surface area contributed by atoms with E-state index in [-0.39, 0.29) is 6.61 Å². The van der Waals surface area contributed by atoms with Gasteiger partial charge in [-0.15, -0.1) is 0 Å². The van der Waals surface area contributed by atoms with Crippen LogP contribution in [0.25, 0.3) is 0 Å². The number of nitrogens with two attached hydrogens (primary N) is 1. The van der Waals surface area contributed by atoms with E-state index in [0.29, 0.717) is 20.7 Å². The van der Waals surface area contributed by atoms with E-state index in [0.717, 1.165) is 0 Å². The molecule has 0 bridgehead atoms. The van der Waals surface area contributed by atoms with Gasteiger partial charge in [0.25, 0.3) is 0 Å². The number of aliphatic hydroxyl groups is 1. The van der Waals surface area contributed by atoms with Crippen LogP contribution in [0.5, 0.6) is 0 Å². The minimum absolute atomic E-state index is 0.0641. The Balaban J connectivity index is 3.24. The zero-order valence-corrected chi connectivity index (χ0v) is 7.98. The highest BCUT2D eigenvalue weighted by atomic mass is 79.9. The molecule has 11 heavy (non-hydrogen) atoms. The highest BCUT2D eigenvalue weighted by Gasteiger charge is 2.03. The van der Waals surface area contributed by atoms with Crippen LogP contribution in [0.15, 0.2) is 16.6 Å². The summed E-state index contributed by atoms with van der Waals surface area (Å²) in [5.41, 5.74) is 6.80. The summed E-state index contributed by atoms with van der Waals surface area (Å²) in [5, 5.41) is 9.36. The van der Waals surface area contributed by atoms with E-state index in [9.17, 15) is 0 Å². The lowest BCUT2D eigenvalue weighted by molar-refractivity contribution is 0.281. The van der Waals surface area contributed by atoms with E-state index in [1.807, 2.05) is 0 Å². The van der Waals surface area contributed by atoms with Crippen LogP contribution in [-0.4, -0.2) is 5.11 Å². The monoisotopic (exact) mass is 235 g/mol. The molecule has 0 aliphatic rings. The lowest BCUT2D eigenvalue weighted by Gasteiger charge is -2.04. The molecule has 0 saturated heterocycles. The average Bonchev–Trinajstić information content (AvgIpc) is 1.96. The molecule has 3 N–H and O–H groups in total. The number of halogens is 2. The molecule has 60 valence electrons. The van der Waals surface area contributed by atoms with E-state index < -0.39 is 0 Å². The van der Waals surface area contributed by atoms with Gasteiger partial charge in [0.1, 0.15) is 0 Å². The van der Waals surface area contributed by atoms with Gasteiger partial charge in [0.2, 0.25) is 0 Å². The fourth-order valence-electron chi connectivity index (χ4n) is 0.784. The van der Waals surface area contributed by atoms with Crippen molar-refractivity contribution in [3.05, 3.63) is 27.2 Å². The summed E-state index contributed by atoms with van der Waals surface area (Å²) in [6.45, 7) is -0.0641. The first-order valence-corrected chi connectivity index (χ1v) is 4.16. The molecule has 1 aromatic carbocycles. The molecular weight excluding hydrogens is 229 g/mol. The predicted octanol–water partition coefficient (Wildman–Crippen LogP) is 2.18. The van der Waals surface area contributed by atoms with E-state index >= 15 is 0 Å². The molecule has 2 nitrogen and oxygen atoms in total. The van der Waals surface area contributed by atoms with E-state index in [4.69, 9.17) is 22.4 Å². The van der Waals surface area contributed by atoms with Gasteiger partial charge in [-0.05, 0) is 33.6 Å². The number of rotatable bonds is 1. The summed E-state index contributed by atoms with van der Waals surface area (Å²) < 4.78 is 0.712. The van der Waals surface area contributed by atoms with Crippen LogP contribution >= 0.6 is 27.5 Å². The normalized spacial score (nSPS) is 10.1. The van der Waals surface area contributed by atoms with Crippen molar-refractivity contribution in [2.45, 2.75) is 6.61 Å². The maximum atomic E-state index is 8.82. The molecule has 0 atom stereocenters. The van der Waals surface area contributed by atoms with E-state index in [1.165, 1.54) is 0 Å². The highest BCUT2D eigenvalue weighted by Crippen LogP contribution is 2.27. The Hall–Kier alpha value is -0.250. The van der Waals surface area contributed by atoms with Crippen molar-refractivity contribution in [3.8, 4) is 0 Å². The third-order valence-electron chi connectivity index (χ3n) is 1.31. The van der Waals surface area contributed by atoms with Crippen LogP contribution in [0.1, 0.15) is 5.56 Å². The van der Waals surface area contributed by atoms with Crippen molar-refractivity contribution in [2.24, 2.45) is 0 Å². The van der Waals surface area contributed by atoms with Crippen LogP contribution in [0.3, 0.4) is 0 Å². The van der Waals surface area contributed by atoms with Crippen molar-refractivity contribution >= 4 is 33.2 Å². The Morgan fingerprint density at radius 2 is 2.18 bits per heavy atom. The van der Waals surface area contributed by atoms with Gasteiger partial charge in [-0.2, -0.15) is 0 Å². The molecule has 0 aromatic heterocycles. The number of hydrogen-bond donors (Lipinski definition) is 2. The minimum atomic E-state index is -0.0641. The molecule has 0 aliphatic heterocycles. The van der Waals surface area contributed by atoms with Crippen molar-refractivity contribution in [1.29, 1.82) is 0 Å². The largest absolute Gasteiger partial charge is 0.398 e. The Morgan fingerprint density at radius 1 is 1.55 bits per heavy atom. The van der Waals surface area contributed by atoms with Gasteiger partial charge in [-0.3, -0.25) is 0 Å². The molecule has 0 saturated carbocycles. The van der Waals surface area contributed by atoms with Crippen LogP contribution in [0.2, 0.25) is 5.02 Å². The molecule has 1 rings (SSSR count). The topological polar surface area (TPSA) is 46.2 Å². The average molecular weight is 236 g/mol. The van der Waals surface area contributed by atoms with Crippen molar-refractivity contribution in [3.63, 3.8) is 0 Å². The molecule has 0 fully saturated rings. The SMILES string of the molecule is Nc1cc(Cl)cc(CO)c1Br. The van der Waals surface area contributed by atoms with Gasteiger partial charge < -0.3 is 10.8 Å². The van der Waals surface area contributed by atoms with Crippen molar-refractivity contribution < 1.29 is 5.11 Å². The summed E-state index contributed by atoms with van der Waals surface area (Å²) in [6.07, 6.45) is 0. The Labute approximate surface area is 78.1 Å². The first-order chi connectivity index (χ1) is 5.15. The van der Waals surface area contributed by atoms with Gasteiger partial charge >= 0.3 is 0 Å². The first-order valence-electron chi connectivity index (χ1n) is 2.99. The quantitative estimate of drug-likeness (QED) is 0.734.